The number of anilines is 1. The third-order valence-corrected chi connectivity index (χ3v) is 3.94. The van der Waals surface area contributed by atoms with E-state index in [9.17, 15) is 0 Å². The smallest absolute Gasteiger partial charge is 0.172 e. The minimum absolute atomic E-state index is 0.196. The Morgan fingerprint density at radius 2 is 2.09 bits per heavy atom. The molecule has 3 rings (SSSR count). The zero-order valence-corrected chi connectivity index (χ0v) is 13.0. The molecular formula is C15H12ClN5S. The van der Waals surface area contributed by atoms with E-state index in [1.54, 1.807) is 24.5 Å². The van der Waals surface area contributed by atoms with Gasteiger partial charge in [0, 0.05) is 24.4 Å². The third-order valence-electron chi connectivity index (χ3n) is 3.41. The molecule has 0 saturated heterocycles. The van der Waals surface area contributed by atoms with E-state index in [0.717, 1.165) is 12.1 Å². The van der Waals surface area contributed by atoms with Gasteiger partial charge < -0.3 is 10.6 Å². The Hall–Kier alpha value is -2.23. The predicted molar refractivity (Wildman–Crippen MR) is 88.7 cm³/mol. The first-order chi connectivity index (χ1) is 10.7. The number of hydrogen-bond donors (Lipinski definition) is 2. The molecular weight excluding hydrogens is 318 g/mol. The van der Waals surface area contributed by atoms with Gasteiger partial charge in [0.1, 0.15) is 11.9 Å². The van der Waals surface area contributed by atoms with Gasteiger partial charge >= 0.3 is 0 Å². The van der Waals surface area contributed by atoms with E-state index in [0.29, 0.717) is 21.5 Å². The molecule has 2 unspecified atom stereocenters. The number of nitrogens with one attached hydrogen (secondary N) is 2. The van der Waals surface area contributed by atoms with Gasteiger partial charge in [-0.15, -0.1) is 0 Å². The van der Waals surface area contributed by atoms with Crippen LogP contribution in [-0.2, 0) is 0 Å². The maximum absolute atomic E-state index is 9.03. The molecule has 5 nitrogen and oxygen atoms in total. The van der Waals surface area contributed by atoms with Gasteiger partial charge in [-0.2, -0.15) is 5.26 Å². The lowest BCUT2D eigenvalue weighted by Crippen LogP contribution is -2.31. The molecule has 2 aromatic heterocycles. The zero-order chi connectivity index (χ0) is 15.5. The van der Waals surface area contributed by atoms with Crippen LogP contribution in [0.25, 0.3) is 0 Å². The SMILES string of the molecule is N#Cc1cccnc1NC(=S)NC1CC1c1ncccc1Cl. The van der Waals surface area contributed by atoms with E-state index in [1.807, 2.05) is 12.1 Å². The van der Waals surface area contributed by atoms with Crippen molar-refractivity contribution in [2.45, 2.75) is 18.4 Å². The number of nitrogens with zero attached hydrogens (tertiary/aromatic N) is 3. The van der Waals surface area contributed by atoms with E-state index in [-0.39, 0.29) is 12.0 Å². The second kappa shape index (κ2) is 6.26. The standard InChI is InChI=1S/C15H12ClN5S/c16-11-4-2-5-18-13(11)10-7-12(10)20-15(22)21-14-9(8-17)3-1-6-19-14/h1-6,10,12H,7H2,(H2,19,20,21,22). The van der Waals surface area contributed by atoms with Gasteiger partial charge in [-0.1, -0.05) is 11.6 Å². The van der Waals surface area contributed by atoms with Crippen LogP contribution in [0, 0.1) is 11.3 Å². The van der Waals surface area contributed by atoms with E-state index < -0.39 is 0 Å². The number of rotatable bonds is 3. The van der Waals surface area contributed by atoms with Gasteiger partial charge in [-0.3, -0.25) is 4.98 Å². The Balaban J connectivity index is 1.60. The summed E-state index contributed by atoms with van der Waals surface area (Å²) in [6, 6.07) is 9.31. The van der Waals surface area contributed by atoms with Crippen molar-refractivity contribution in [1.29, 1.82) is 5.26 Å². The van der Waals surface area contributed by atoms with Crippen LogP contribution in [0.3, 0.4) is 0 Å². The van der Waals surface area contributed by atoms with Gasteiger partial charge in [-0.25, -0.2) is 4.98 Å². The molecule has 0 amide bonds. The molecule has 7 heteroatoms. The van der Waals surface area contributed by atoms with Crippen LogP contribution in [0.15, 0.2) is 36.7 Å². The van der Waals surface area contributed by atoms with Crippen LogP contribution >= 0.6 is 23.8 Å². The molecule has 2 atom stereocenters. The lowest BCUT2D eigenvalue weighted by atomic mass is 10.2. The number of hydrogen-bond acceptors (Lipinski definition) is 4. The summed E-state index contributed by atoms with van der Waals surface area (Å²) in [5.74, 6) is 0.711. The molecule has 1 aliphatic rings. The summed E-state index contributed by atoms with van der Waals surface area (Å²) in [5, 5.41) is 16.3. The van der Waals surface area contributed by atoms with Crippen LogP contribution in [-0.4, -0.2) is 21.1 Å². The fourth-order valence-electron chi connectivity index (χ4n) is 2.23. The van der Waals surface area contributed by atoms with Gasteiger partial charge in [0.05, 0.1) is 16.3 Å². The Labute approximate surface area is 138 Å². The summed E-state index contributed by atoms with van der Waals surface area (Å²) >= 11 is 11.4. The molecule has 0 aliphatic heterocycles. The molecule has 1 fully saturated rings. The number of thiocarbonyl (C=S) groups is 1. The van der Waals surface area contributed by atoms with E-state index >= 15 is 0 Å². The number of halogens is 1. The molecule has 2 heterocycles. The Kier molecular flexibility index (Phi) is 4.18. The largest absolute Gasteiger partial charge is 0.359 e. The van der Waals surface area contributed by atoms with Crippen molar-refractivity contribution in [2.24, 2.45) is 0 Å². The topological polar surface area (TPSA) is 73.6 Å². The maximum atomic E-state index is 9.03. The molecule has 22 heavy (non-hydrogen) atoms. The Morgan fingerprint density at radius 3 is 2.86 bits per heavy atom. The van der Waals surface area contributed by atoms with Gasteiger partial charge in [0.25, 0.3) is 0 Å². The van der Waals surface area contributed by atoms with Crippen molar-refractivity contribution in [3.05, 3.63) is 52.9 Å². The van der Waals surface area contributed by atoms with Crippen LogP contribution in [0.5, 0.6) is 0 Å². The first kappa shape index (κ1) is 14.7. The fourth-order valence-corrected chi connectivity index (χ4v) is 2.74. The molecule has 0 spiro atoms. The van der Waals surface area contributed by atoms with Crippen molar-refractivity contribution in [2.75, 3.05) is 5.32 Å². The first-order valence-corrected chi connectivity index (χ1v) is 7.50. The first-order valence-electron chi connectivity index (χ1n) is 6.72. The van der Waals surface area contributed by atoms with E-state index in [4.69, 9.17) is 29.1 Å². The zero-order valence-electron chi connectivity index (χ0n) is 11.5. The van der Waals surface area contributed by atoms with Crippen LogP contribution in [0.4, 0.5) is 5.82 Å². The van der Waals surface area contributed by atoms with Gasteiger partial charge in [0.15, 0.2) is 5.11 Å². The summed E-state index contributed by atoms with van der Waals surface area (Å²) < 4.78 is 0. The highest BCUT2D eigenvalue weighted by Gasteiger charge is 2.41. The molecule has 1 aliphatic carbocycles. The van der Waals surface area contributed by atoms with Crippen molar-refractivity contribution in [3.8, 4) is 6.07 Å². The maximum Gasteiger partial charge on any atom is 0.172 e. The second-order valence-electron chi connectivity index (χ2n) is 4.93. The summed E-state index contributed by atoms with van der Waals surface area (Å²) in [4.78, 5) is 8.43. The van der Waals surface area contributed by atoms with Crippen molar-refractivity contribution in [1.82, 2.24) is 15.3 Å². The van der Waals surface area contributed by atoms with Crippen molar-refractivity contribution < 1.29 is 0 Å². The molecule has 2 N–H and O–H groups in total. The van der Waals surface area contributed by atoms with Crippen LogP contribution in [0.1, 0.15) is 23.6 Å². The van der Waals surface area contributed by atoms with Crippen LogP contribution in [0.2, 0.25) is 5.02 Å². The Morgan fingerprint density at radius 1 is 1.32 bits per heavy atom. The van der Waals surface area contributed by atoms with Gasteiger partial charge in [-0.05, 0) is 42.9 Å². The molecule has 0 aromatic carbocycles. The quantitative estimate of drug-likeness (QED) is 0.844. The van der Waals surface area contributed by atoms with Crippen molar-refractivity contribution >= 4 is 34.7 Å². The minimum atomic E-state index is 0.196. The number of aromatic nitrogens is 2. The fraction of sp³-hybridized carbons (Fsp3) is 0.200. The average Bonchev–Trinajstić information content (AvgIpc) is 3.27. The molecule has 1 saturated carbocycles. The van der Waals surface area contributed by atoms with Crippen molar-refractivity contribution in [3.63, 3.8) is 0 Å². The van der Waals surface area contributed by atoms with Crippen LogP contribution < -0.4 is 10.6 Å². The molecule has 0 radical (unpaired) electrons. The monoisotopic (exact) mass is 329 g/mol. The summed E-state index contributed by atoms with van der Waals surface area (Å²) in [7, 11) is 0. The van der Waals surface area contributed by atoms with Gasteiger partial charge in [0.2, 0.25) is 0 Å². The summed E-state index contributed by atoms with van der Waals surface area (Å²) in [6.07, 6.45) is 4.27. The molecule has 110 valence electrons. The highest BCUT2D eigenvalue weighted by molar-refractivity contribution is 7.80. The second-order valence-corrected chi connectivity index (χ2v) is 5.74. The highest BCUT2D eigenvalue weighted by atomic mass is 35.5. The van der Waals surface area contributed by atoms with E-state index in [2.05, 4.69) is 26.7 Å². The molecule has 2 aromatic rings. The summed E-state index contributed by atoms with van der Waals surface area (Å²) in [5.41, 5.74) is 1.34. The van der Waals surface area contributed by atoms with E-state index in [1.165, 1.54) is 0 Å². The molecule has 0 bridgehead atoms. The highest BCUT2D eigenvalue weighted by Crippen LogP contribution is 2.42. The average molecular weight is 330 g/mol. The number of pyridine rings is 2. The number of nitriles is 1. The summed E-state index contributed by atoms with van der Waals surface area (Å²) in [6.45, 7) is 0. The predicted octanol–water partition coefficient (Wildman–Crippen LogP) is 2.84. The third kappa shape index (κ3) is 3.16. The lowest BCUT2D eigenvalue weighted by Gasteiger charge is -2.10. The normalized spacial score (nSPS) is 19.1. The minimum Gasteiger partial charge on any atom is -0.359 e. The lowest BCUT2D eigenvalue weighted by molar-refractivity contribution is 0.858. The Bertz CT molecular complexity index is 758.